The van der Waals surface area contributed by atoms with Crippen molar-refractivity contribution in [2.45, 2.75) is 64.5 Å². The quantitative estimate of drug-likeness (QED) is 0.902. The molecule has 3 nitrogen and oxygen atoms in total. The summed E-state index contributed by atoms with van der Waals surface area (Å²) in [5.74, 6) is 0. The SMILES string of the molecule is CNCCC1CCCCN1Cc1csc(C(C)(C)C)n1. The van der Waals surface area contributed by atoms with Crippen molar-refractivity contribution >= 4 is 11.3 Å². The molecular weight excluding hydrogens is 266 g/mol. The molecule has 0 saturated carbocycles. The van der Waals surface area contributed by atoms with Gasteiger partial charge in [0.1, 0.15) is 0 Å². The number of hydrogen-bond donors (Lipinski definition) is 1. The van der Waals surface area contributed by atoms with Crippen molar-refractivity contribution in [3.63, 3.8) is 0 Å². The van der Waals surface area contributed by atoms with E-state index in [4.69, 9.17) is 4.98 Å². The monoisotopic (exact) mass is 295 g/mol. The molecule has 1 N–H and O–H groups in total. The van der Waals surface area contributed by atoms with Crippen molar-refractivity contribution in [1.82, 2.24) is 15.2 Å². The Balaban J connectivity index is 1.97. The third-order valence-electron chi connectivity index (χ3n) is 4.04. The van der Waals surface area contributed by atoms with E-state index in [1.807, 2.05) is 18.4 Å². The lowest BCUT2D eigenvalue weighted by Gasteiger charge is -2.35. The summed E-state index contributed by atoms with van der Waals surface area (Å²) in [4.78, 5) is 7.49. The summed E-state index contributed by atoms with van der Waals surface area (Å²) < 4.78 is 0. The second kappa shape index (κ2) is 7.01. The maximum absolute atomic E-state index is 4.85. The molecule has 2 rings (SSSR count). The van der Waals surface area contributed by atoms with E-state index in [0.717, 1.165) is 19.1 Å². The van der Waals surface area contributed by atoms with Gasteiger partial charge in [-0.3, -0.25) is 4.90 Å². The van der Waals surface area contributed by atoms with Crippen LogP contribution in [-0.4, -0.2) is 36.1 Å². The Labute approximate surface area is 127 Å². The van der Waals surface area contributed by atoms with Gasteiger partial charge in [0.2, 0.25) is 0 Å². The van der Waals surface area contributed by atoms with Crippen LogP contribution >= 0.6 is 11.3 Å². The Bertz CT molecular complexity index is 408. The largest absolute Gasteiger partial charge is 0.320 e. The van der Waals surface area contributed by atoms with Gasteiger partial charge >= 0.3 is 0 Å². The lowest BCUT2D eigenvalue weighted by molar-refractivity contribution is 0.131. The third kappa shape index (κ3) is 4.27. The van der Waals surface area contributed by atoms with E-state index in [1.165, 1.54) is 42.9 Å². The van der Waals surface area contributed by atoms with Gasteiger partial charge in [-0.25, -0.2) is 4.98 Å². The van der Waals surface area contributed by atoms with Crippen LogP contribution in [0.5, 0.6) is 0 Å². The van der Waals surface area contributed by atoms with E-state index < -0.39 is 0 Å². The summed E-state index contributed by atoms with van der Waals surface area (Å²) >= 11 is 1.81. The van der Waals surface area contributed by atoms with Crippen molar-refractivity contribution in [3.05, 3.63) is 16.1 Å². The minimum absolute atomic E-state index is 0.177. The summed E-state index contributed by atoms with van der Waals surface area (Å²) in [6, 6.07) is 0.732. The predicted molar refractivity (Wildman–Crippen MR) is 87.4 cm³/mol. The molecule has 1 aromatic rings. The van der Waals surface area contributed by atoms with Gasteiger partial charge in [-0.2, -0.15) is 0 Å². The Morgan fingerprint density at radius 2 is 2.20 bits per heavy atom. The summed E-state index contributed by atoms with van der Waals surface area (Å²) in [5, 5.41) is 6.80. The van der Waals surface area contributed by atoms with Gasteiger partial charge in [0, 0.05) is 23.4 Å². The highest BCUT2D eigenvalue weighted by Gasteiger charge is 2.24. The Morgan fingerprint density at radius 1 is 1.40 bits per heavy atom. The molecule has 1 aliphatic heterocycles. The van der Waals surface area contributed by atoms with Gasteiger partial charge in [-0.05, 0) is 39.4 Å². The van der Waals surface area contributed by atoms with Crippen molar-refractivity contribution in [1.29, 1.82) is 0 Å². The smallest absolute Gasteiger partial charge is 0.0982 e. The Kier molecular flexibility index (Phi) is 5.58. The van der Waals surface area contributed by atoms with Gasteiger partial charge in [-0.1, -0.05) is 27.2 Å². The van der Waals surface area contributed by atoms with Crippen LogP contribution in [-0.2, 0) is 12.0 Å². The molecule has 0 bridgehead atoms. The van der Waals surface area contributed by atoms with Gasteiger partial charge < -0.3 is 5.32 Å². The molecule has 2 heterocycles. The fourth-order valence-electron chi connectivity index (χ4n) is 2.84. The van der Waals surface area contributed by atoms with E-state index in [2.05, 4.69) is 36.4 Å². The van der Waals surface area contributed by atoms with Crippen LogP contribution in [0.1, 0.15) is 57.2 Å². The van der Waals surface area contributed by atoms with Crippen LogP contribution in [0.2, 0.25) is 0 Å². The van der Waals surface area contributed by atoms with Crippen LogP contribution < -0.4 is 5.32 Å². The number of aromatic nitrogens is 1. The highest BCUT2D eigenvalue weighted by atomic mass is 32.1. The first-order valence-corrected chi connectivity index (χ1v) is 8.72. The first kappa shape index (κ1) is 15.9. The predicted octanol–water partition coefficient (Wildman–Crippen LogP) is 3.40. The van der Waals surface area contributed by atoms with Crippen LogP contribution in [0.3, 0.4) is 0 Å². The van der Waals surface area contributed by atoms with Crippen molar-refractivity contribution < 1.29 is 0 Å². The number of likely N-dealkylation sites (tertiary alicyclic amines) is 1. The number of nitrogens with zero attached hydrogens (tertiary/aromatic N) is 2. The number of hydrogen-bond acceptors (Lipinski definition) is 4. The zero-order chi connectivity index (χ0) is 14.6. The molecule has 1 saturated heterocycles. The Morgan fingerprint density at radius 3 is 2.85 bits per heavy atom. The molecule has 0 spiro atoms. The maximum atomic E-state index is 4.85. The third-order valence-corrected chi connectivity index (χ3v) is 5.35. The molecule has 0 aliphatic carbocycles. The average Bonchev–Trinajstić information content (AvgIpc) is 2.86. The molecule has 0 amide bonds. The second-order valence-corrected chi connectivity index (χ2v) is 7.76. The average molecular weight is 295 g/mol. The van der Waals surface area contributed by atoms with Crippen molar-refractivity contribution in [3.8, 4) is 0 Å². The summed E-state index contributed by atoms with van der Waals surface area (Å²) in [7, 11) is 2.04. The van der Waals surface area contributed by atoms with Crippen molar-refractivity contribution in [2.24, 2.45) is 0 Å². The lowest BCUT2D eigenvalue weighted by Crippen LogP contribution is -2.40. The zero-order valence-electron chi connectivity index (χ0n) is 13.4. The molecule has 1 aromatic heterocycles. The fourth-order valence-corrected chi connectivity index (χ4v) is 3.74. The summed E-state index contributed by atoms with van der Waals surface area (Å²) in [6.07, 6.45) is 5.33. The first-order valence-electron chi connectivity index (χ1n) is 7.84. The van der Waals surface area contributed by atoms with Gasteiger partial charge in [0.25, 0.3) is 0 Å². The summed E-state index contributed by atoms with van der Waals surface area (Å²) in [6.45, 7) is 10.1. The molecule has 20 heavy (non-hydrogen) atoms. The van der Waals surface area contributed by atoms with Crippen LogP contribution in [0.25, 0.3) is 0 Å². The molecule has 1 aliphatic rings. The minimum Gasteiger partial charge on any atom is -0.320 e. The number of rotatable bonds is 5. The topological polar surface area (TPSA) is 28.2 Å². The highest BCUT2D eigenvalue weighted by molar-refractivity contribution is 7.09. The minimum atomic E-state index is 0.177. The summed E-state index contributed by atoms with van der Waals surface area (Å²) in [5.41, 5.74) is 1.44. The van der Waals surface area contributed by atoms with E-state index in [1.54, 1.807) is 0 Å². The van der Waals surface area contributed by atoms with E-state index in [-0.39, 0.29) is 5.41 Å². The van der Waals surface area contributed by atoms with Crippen molar-refractivity contribution in [2.75, 3.05) is 20.1 Å². The second-order valence-electron chi connectivity index (χ2n) is 6.91. The van der Waals surface area contributed by atoms with E-state index in [0.29, 0.717) is 0 Å². The molecule has 1 unspecified atom stereocenters. The maximum Gasteiger partial charge on any atom is 0.0982 e. The van der Waals surface area contributed by atoms with Gasteiger partial charge in [0.05, 0.1) is 10.7 Å². The van der Waals surface area contributed by atoms with Crippen LogP contribution in [0, 0.1) is 0 Å². The number of nitrogens with one attached hydrogen (secondary N) is 1. The number of thiazole rings is 1. The van der Waals surface area contributed by atoms with E-state index >= 15 is 0 Å². The molecule has 1 atom stereocenters. The fraction of sp³-hybridized carbons (Fsp3) is 0.812. The molecule has 4 heteroatoms. The Hall–Kier alpha value is -0.450. The molecular formula is C16H29N3S. The normalized spacial score (nSPS) is 21.3. The lowest BCUT2D eigenvalue weighted by atomic mass is 9.98. The molecule has 0 aromatic carbocycles. The van der Waals surface area contributed by atoms with Crippen LogP contribution in [0.4, 0.5) is 0 Å². The molecule has 0 radical (unpaired) electrons. The van der Waals surface area contributed by atoms with Gasteiger partial charge in [-0.15, -0.1) is 11.3 Å². The van der Waals surface area contributed by atoms with Gasteiger partial charge in [0.15, 0.2) is 0 Å². The zero-order valence-corrected chi connectivity index (χ0v) is 14.2. The standard InChI is InChI=1S/C16H29N3S/c1-16(2,3)15-18-13(12-20-15)11-19-10-6-5-7-14(19)8-9-17-4/h12,14,17H,5-11H2,1-4H3. The van der Waals surface area contributed by atoms with Crippen LogP contribution in [0.15, 0.2) is 5.38 Å². The molecule has 1 fully saturated rings. The molecule has 114 valence electrons. The highest BCUT2D eigenvalue weighted by Crippen LogP contribution is 2.27. The number of piperidine rings is 1. The first-order chi connectivity index (χ1) is 9.50. The van der Waals surface area contributed by atoms with E-state index in [9.17, 15) is 0 Å².